The molecular weight excluding hydrogens is 268 g/mol. The maximum atomic E-state index is 11.9. The first-order chi connectivity index (χ1) is 8.91. The smallest absolute Gasteiger partial charge is 0.215 e. The van der Waals surface area contributed by atoms with E-state index in [1.807, 2.05) is 19.9 Å². The molecule has 0 aliphatic carbocycles. The zero-order valence-electron chi connectivity index (χ0n) is 10.5. The Labute approximate surface area is 114 Å². The minimum atomic E-state index is -0.515. The van der Waals surface area contributed by atoms with Gasteiger partial charge >= 0.3 is 0 Å². The highest BCUT2D eigenvalue weighted by Gasteiger charge is 2.17. The first kappa shape index (κ1) is 13.5. The molecule has 1 aromatic heterocycles. The van der Waals surface area contributed by atoms with Crippen molar-refractivity contribution in [3.63, 3.8) is 0 Å². The summed E-state index contributed by atoms with van der Waals surface area (Å²) in [6.45, 7) is 3.81. The molecule has 100 valence electrons. The third-order valence-corrected chi connectivity index (χ3v) is 3.05. The first-order valence-electron chi connectivity index (χ1n) is 5.70. The lowest BCUT2D eigenvalue weighted by atomic mass is 10.0. The van der Waals surface area contributed by atoms with E-state index in [4.69, 9.17) is 16.0 Å². The second kappa shape index (κ2) is 4.97. The lowest BCUT2D eigenvalue weighted by molar-refractivity contribution is 0.442. The fraction of sp³-hybridized carbons (Fsp3) is 0.214. The van der Waals surface area contributed by atoms with Crippen LogP contribution >= 0.6 is 11.6 Å². The molecule has 0 spiro atoms. The molecule has 0 saturated heterocycles. The Balaban J connectivity index is 2.76. The number of hydrogen-bond donors (Lipinski definition) is 2. The first-order valence-corrected chi connectivity index (χ1v) is 6.07. The van der Waals surface area contributed by atoms with Gasteiger partial charge in [0, 0.05) is 11.6 Å². The summed E-state index contributed by atoms with van der Waals surface area (Å²) in [6.07, 6.45) is 3.25. The zero-order valence-corrected chi connectivity index (χ0v) is 11.3. The monoisotopic (exact) mass is 280 g/mol. The van der Waals surface area contributed by atoms with E-state index in [-0.39, 0.29) is 33.1 Å². The lowest BCUT2D eigenvalue weighted by Gasteiger charge is -2.08. The average molecular weight is 281 g/mol. The number of hydrogen-bond acceptors (Lipinski definition) is 4. The van der Waals surface area contributed by atoms with Crippen LogP contribution in [0.15, 0.2) is 33.2 Å². The molecule has 0 aliphatic heterocycles. The molecule has 0 saturated carbocycles. The van der Waals surface area contributed by atoms with Crippen molar-refractivity contribution in [3.05, 3.63) is 44.8 Å². The molecule has 5 heteroatoms. The van der Waals surface area contributed by atoms with E-state index >= 15 is 0 Å². The highest BCUT2D eigenvalue weighted by Crippen LogP contribution is 2.35. The number of allylic oxidation sites excluding steroid dienone is 2. The van der Waals surface area contributed by atoms with Gasteiger partial charge in [-0.15, -0.1) is 0 Å². The van der Waals surface area contributed by atoms with Gasteiger partial charge in [0.2, 0.25) is 5.43 Å². The molecule has 0 radical (unpaired) electrons. The fourth-order valence-corrected chi connectivity index (χ4v) is 1.92. The topological polar surface area (TPSA) is 70.7 Å². The van der Waals surface area contributed by atoms with Gasteiger partial charge in [0.1, 0.15) is 33.8 Å². The van der Waals surface area contributed by atoms with Crippen molar-refractivity contribution in [2.45, 2.75) is 20.3 Å². The maximum absolute atomic E-state index is 11.9. The molecule has 2 aromatic rings. The van der Waals surface area contributed by atoms with E-state index < -0.39 is 5.43 Å². The molecule has 19 heavy (non-hydrogen) atoms. The molecule has 0 unspecified atom stereocenters. The molecule has 0 amide bonds. The van der Waals surface area contributed by atoms with Crippen LogP contribution in [0, 0.1) is 0 Å². The van der Waals surface area contributed by atoms with Gasteiger partial charge in [-0.3, -0.25) is 4.79 Å². The number of fused-ring (bicyclic) bond motifs is 1. The van der Waals surface area contributed by atoms with Crippen molar-refractivity contribution >= 4 is 22.6 Å². The summed E-state index contributed by atoms with van der Waals surface area (Å²) in [5.41, 5.74) is 0.907. The van der Waals surface area contributed by atoms with Gasteiger partial charge in [0.25, 0.3) is 0 Å². The quantitative estimate of drug-likeness (QED) is 0.828. The number of aromatic hydroxyl groups is 2. The number of halogens is 1. The Morgan fingerprint density at radius 1 is 1.42 bits per heavy atom. The van der Waals surface area contributed by atoms with Crippen LogP contribution < -0.4 is 5.43 Å². The molecule has 0 aliphatic rings. The van der Waals surface area contributed by atoms with Crippen molar-refractivity contribution in [3.8, 4) is 11.5 Å². The Morgan fingerprint density at radius 3 is 2.74 bits per heavy atom. The molecule has 1 heterocycles. The van der Waals surface area contributed by atoms with Crippen molar-refractivity contribution in [1.29, 1.82) is 0 Å². The molecular formula is C14H13ClO4. The van der Waals surface area contributed by atoms with Crippen molar-refractivity contribution < 1.29 is 14.6 Å². The molecule has 2 rings (SSSR count). The highest BCUT2D eigenvalue weighted by atomic mass is 35.5. The summed E-state index contributed by atoms with van der Waals surface area (Å²) in [5.74, 6) is -0.406. The standard InChI is InChI=1S/C14H13ClO4/c1-7(2)3-4-8-10(16)5-11-12(13(8)17)14(18)9(15)6-19-11/h3,5-6,16-17H,4H2,1-2H3. The summed E-state index contributed by atoms with van der Waals surface area (Å²) in [5, 5.41) is 19.9. The van der Waals surface area contributed by atoms with Crippen LogP contribution in [0.1, 0.15) is 19.4 Å². The number of phenols is 2. The van der Waals surface area contributed by atoms with Crippen molar-refractivity contribution in [1.82, 2.24) is 0 Å². The van der Waals surface area contributed by atoms with E-state index in [1.165, 1.54) is 6.07 Å². The second-order valence-corrected chi connectivity index (χ2v) is 4.90. The van der Waals surface area contributed by atoms with E-state index in [0.717, 1.165) is 11.8 Å². The van der Waals surface area contributed by atoms with Crippen LogP contribution in [0.5, 0.6) is 11.5 Å². The van der Waals surface area contributed by atoms with E-state index in [2.05, 4.69) is 0 Å². The van der Waals surface area contributed by atoms with Gasteiger partial charge in [0.15, 0.2) is 0 Å². The Kier molecular flexibility index (Phi) is 3.53. The van der Waals surface area contributed by atoms with Crippen LogP contribution in [0.4, 0.5) is 0 Å². The van der Waals surface area contributed by atoms with Gasteiger partial charge < -0.3 is 14.6 Å². The van der Waals surface area contributed by atoms with E-state index in [9.17, 15) is 15.0 Å². The predicted molar refractivity (Wildman–Crippen MR) is 74.0 cm³/mol. The predicted octanol–water partition coefficient (Wildman–Crippen LogP) is 3.37. The third kappa shape index (κ3) is 2.44. The number of phenolic OH excluding ortho intramolecular Hbond substituents is 2. The van der Waals surface area contributed by atoms with E-state index in [1.54, 1.807) is 0 Å². The van der Waals surface area contributed by atoms with Gasteiger partial charge in [-0.2, -0.15) is 0 Å². The Bertz CT molecular complexity index is 724. The summed E-state index contributed by atoms with van der Waals surface area (Å²) in [7, 11) is 0. The zero-order chi connectivity index (χ0) is 14.2. The van der Waals surface area contributed by atoms with Crippen LogP contribution in [0.3, 0.4) is 0 Å². The molecule has 4 nitrogen and oxygen atoms in total. The normalized spacial score (nSPS) is 10.7. The van der Waals surface area contributed by atoms with Gasteiger partial charge in [0.05, 0.1) is 0 Å². The van der Waals surface area contributed by atoms with Gasteiger partial charge in [-0.1, -0.05) is 23.3 Å². The van der Waals surface area contributed by atoms with Gasteiger partial charge in [-0.25, -0.2) is 0 Å². The molecule has 2 N–H and O–H groups in total. The number of rotatable bonds is 2. The molecule has 1 aromatic carbocycles. The SMILES string of the molecule is CC(C)=CCc1c(O)cc2occ(Cl)c(=O)c2c1O. The summed E-state index contributed by atoms with van der Waals surface area (Å²) in [6, 6.07) is 1.31. The van der Waals surface area contributed by atoms with Crippen LogP contribution in [-0.4, -0.2) is 10.2 Å². The van der Waals surface area contributed by atoms with Crippen LogP contribution in [0.2, 0.25) is 5.02 Å². The largest absolute Gasteiger partial charge is 0.507 e. The maximum Gasteiger partial charge on any atom is 0.215 e. The van der Waals surface area contributed by atoms with Crippen molar-refractivity contribution in [2.75, 3.05) is 0 Å². The minimum Gasteiger partial charge on any atom is -0.507 e. The molecule has 0 atom stereocenters. The minimum absolute atomic E-state index is 0.0116. The summed E-state index contributed by atoms with van der Waals surface area (Å²) in [4.78, 5) is 11.9. The van der Waals surface area contributed by atoms with Crippen LogP contribution in [-0.2, 0) is 6.42 Å². The average Bonchev–Trinajstić information content (AvgIpc) is 2.33. The third-order valence-electron chi connectivity index (χ3n) is 2.79. The Morgan fingerprint density at radius 2 is 2.11 bits per heavy atom. The lowest BCUT2D eigenvalue weighted by Crippen LogP contribution is -2.03. The Hall–Kier alpha value is -1.94. The number of benzene rings is 1. The van der Waals surface area contributed by atoms with Gasteiger partial charge in [-0.05, 0) is 20.3 Å². The molecule has 0 fully saturated rings. The molecule has 0 bridgehead atoms. The second-order valence-electron chi connectivity index (χ2n) is 4.49. The van der Waals surface area contributed by atoms with Crippen molar-refractivity contribution in [2.24, 2.45) is 0 Å². The fourth-order valence-electron chi connectivity index (χ4n) is 1.78. The van der Waals surface area contributed by atoms with E-state index in [0.29, 0.717) is 6.42 Å². The summed E-state index contributed by atoms with van der Waals surface area (Å²) >= 11 is 5.69. The summed E-state index contributed by atoms with van der Waals surface area (Å²) < 4.78 is 5.10. The highest BCUT2D eigenvalue weighted by molar-refractivity contribution is 6.30. The van der Waals surface area contributed by atoms with Crippen LogP contribution in [0.25, 0.3) is 11.0 Å².